The number of likely N-dealkylation sites (tertiary alicyclic amines) is 1. The van der Waals surface area contributed by atoms with Gasteiger partial charge in [0.05, 0.1) is 19.7 Å². The van der Waals surface area contributed by atoms with Crippen LogP contribution in [0, 0.1) is 6.92 Å². The summed E-state index contributed by atoms with van der Waals surface area (Å²) in [4.78, 5) is 14.6. The van der Waals surface area contributed by atoms with E-state index in [9.17, 15) is 4.79 Å². The Bertz CT molecular complexity index is 685. The summed E-state index contributed by atoms with van der Waals surface area (Å²) in [6.07, 6.45) is 2.38. The number of methoxy groups -OCH3 is 1. The first kappa shape index (κ1) is 15.5. The van der Waals surface area contributed by atoms with Crippen LogP contribution in [-0.4, -0.2) is 44.7 Å². The van der Waals surface area contributed by atoms with Crippen LogP contribution >= 0.6 is 0 Å². The van der Waals surface area contributed by atoms with Gasteiger partial charge in [-0.1, -0.05) is 18.2 Å². The molecule has 1 saturated heterocycles. The molecule has 0 saturated carbocycles. The van der Waals surface area contributed by atoms with Crippen LogP contribution in [0.15, 0.2) is 24.3 Å². The number of carbonyl (C=O) groups excluding carboxylic acids is 1. The zero-order valence-corrected chi connectivity index (χ0v) is 13.5. The Kier molecular flexibility index (Phi) is 4.55. The van der Waals surface area contributed by atoms with E-state index in [-0.39, 0.29) is 11.9 Å². The van der Waals surface area contributed by atoms with Crippen LogP contribution in [0.5, 0.6) is 5.75 Å². The SMILES string of the molecule is COc1ccccc1[C@H]1CCCN1C(=O)CCn1nnnc1C. The van der Waals surface area contributed by atoms with E-state index in [1.807, 2.05) is 36.1 Å². The number of aromatic nitrogens is 4. The molecule has 0 spiro atoms. The van der Waals surface area contributed by atoms with Crippen molar-refractivity contribution in [3.63, 3.8) is 0 Å². The Morgan fingerprint density at radius 3 is 2.96 bits per heavy atom. The Morgan fingerprint density at radius 2 is 2.22 bits per heavy atom. The molecule has 1 aliphatic heterocycles. The molecule has 7 nitrogen and oxygen atoms in total. The van der Waals surface area contributed by atoms with Crippen molar-refractivity contribution in [1.82, 2.24) is 25.1 Å². The van der Waals surface area contributed by atoms with Crippen LogP contribution in [0.4, 0.5) is 0 Å². The molecule has 1 atom stereocenters. The van der Waals surface area contributed by atoms with Gasteiger partial charge in [-0.2, -0.15) is 0 Å². The Morgan fingerprint density at radius 1 is 1.39 bits per heavy atom. The van der Waals surface area contributed by atoms with Crippen molar-refractivity contribution < 1.29 is 9.53 Å². The minimum absolute atomic E-state index is 0.0913. The van der Waals surface area contributed by atoms with Crippen LogP contribution in [0.1, 0.15) is 36.7 Å². The van der Waals surface area contributed by atoms with Crippen molar-refractivity contribution in [3.05, 3.63) is 35.7 Å². The van der Waals surface area contributed by atoms with Gasteiger partial charge in [-0.25, -0.2) is 4.68 Å². The van der Waals surface area contributed by atoms with Gasteiger partial charge >= 0.3 is 0 Å². The Hall–Kier alpha value is -2.44. The van der Waals surface area contributed by atoms with Crippen LogP contribution in [-0.2, 0) is 11.3 Å². The average Bonchev–Trinajstić information content (AvgIpc) is 3.21. The molecule has 2 aromatic rings. The zero-order chi connectivity index (χ0) is 16.2. The summed E-state index contributed by atoms with van der Waals surface area (Å²) in [5, 5.41) is 11.3. The number of carbonyl (C=O) groups is 1. The van der Waals surface area contributed by atoms with Gasteiger partial charge in [0.15, 0.2) is 0 Å². The van der Waals surface area contributed by atoms with Crippen molar-refractivity contribution >= 4 is 5.91 Å². The van der Waals surface area contributed by atoms with Crippen LogP contribution in [0.2, 0.25) is 0 Å². The average molecular weight is 315 g/mol. The second-order valence-corrected chi connectivity index (χ2v) is 5.69. The van der Waals surface area contributed by atoms with Crippen LogP contribution in [0.25, 0.3) is 0 Å². The molecule has 0 aliphatic carbocycles. The molecular weight excluding hydrogens is 294 g/mol. The van der Waals surface area contributed by atoms with Crippen LogP contribution < -0.4 is 4.74 Å². The predicted octanol–water partition coefficient (Wildman–Crippen LogP) is 1.74. The number of tetrazole rings is 1. The summed E-state index contributed by atoms with van der Waals surface area (Å²) < 4.78 is 7.11. The summed E-state index contributed by atoms with van der Waals surface area (Å²) in [6, 6.07) is 8.02. The van der Waals surface area contributed by atoms with Crippen molar-refractivity contribution in [1.29, 1.82) is 0 Å². The summed E-state index contributed by atoms with van der Waals surface area (Å²) in [5.74, 6) is 1.70. The fourth-order valence-corrected chi connectivity index (χ4v) is 3.13. The molecule has 0 unspecified atom stereocenters. The number of benzene rings is 1. The lowest BCUT2D eigenvalue weighted by molar-refractivity contribution is -0.132. The van der Waals surface area contributed by atoms with Crippen molar-refractivity contribution in [2.24, 2.45) is 0 Å². The summed E-state index contributed by atoms with van der Waals surface area (Å²) in [7, 11) is 1.67. The topological polar surface area (TPSA) is 73.1 Å². The highest BCUT2D eigenvalue weighted by Crippen LogP contribution is 2.37. The zero-order valence-electron chi connectivity index (χ0n) is 13.5. The molecule has 1 aromatic heterocycles. The van der Waals surface area contributed by atoms with Gasteiger partial charge in [0.2, 0.25) is 5.91 Å². The third-order valence-corrected chi connectivity index (χ3v) is 4.32. The molecule has 0 N–H and O–H groups in total. The van der Waals surface area contributed by atoms with E-state index < -0.39 is 0 Å². The first-order chi connectivity index (χ1) is 11.2. The van der Waals surface area contributed by atoms with E-state index in [2.05, 4.69) is 15.5 Å². The van der Waals surface area contributed by atoms with Gasteiger partial charge in [0, 0.05) is 18.5 Å². The first-order valence-corrected chi connectivity index (χ1v) is 7.86. The maximum atomic E-state index is 12.6. The number of hydrogen-bond acceptors (Lipinski definition) is 5. The molecule has 7 heteroatoms. The van der Waals surface area contributed by atoms with E-state index in [4.69, 9.17) is 4.74 Å². The Labute approximate surface area is 135 Å². The number of para-hydroxylation sites is 1. The van der Waals surface area contributed by atoms with Gasteiger partial charge in [0.25, 0.3) is 0 Å². The summed E-state index contributed by atoms with van der Waals surface area (Å²) in [5.41, 5.74) is 1.08. The summed E-state index contributed by atoms with van der Waals surface area (Å²) >= 11 is 0. The smallest absolute Gasteiger partial charge is 0.224 e. The number of ether oxygens (including phenoxy) is 1. The maximum Gasteiger partial charge on any atom is 0.224 e. The minimum atomic E-state index is 0.0913. The number of rotatable bonds is 5. The molecule has 122 valence electrons. The molecule has 0 radical (unpaired) electrons. The number of hydrogen-bond donors (Lipinski definition) is 0. The molecule has 1 fully saturated rings. The second-order valence-electron chi connectivity index (χ2n) is 5.69. The lowest BCUT2D eigenvalue weighted by Gasteiger charge is -2.26. The quantitative estimate of drug-likeness (QED) is 0.840. The number of aryl methyl sites for hydroxylation is 2. The Balaban J connectivity index is 1.71. The lowest BCUT2D eigenvalue weighted by Crippen LogP contribution is -2.31. The van der Waals surface area contributed by atoms with Gasteiger partial charge < -0.3 is 9.64 Å². The van der Waals surface area contributed by atoms with Gasteiger partial charge in [-0.05, 0) is 36.3 Å². The molecule has 1 aliphatic rings. The van der Waals surface area contributed by atoms with E-state index in [1.54, 1.807) is 11.8 Å². The molecule has 2 heterocycles. The van der Waals surface area contributed by atoms with Crippen molar-refractivity contribution in [2.75, 3.05) is 13.7 Å². The molecule has 0 bridgehead atoms. The summed E-state index contributed by atoms with van der Waals surface area (Å²) in [6.45, 7) is 3.13. The third-order valence-electron chi connectivity index (χ3n) is 4.32. The van der Waals surface area contributed by atoms with E-state index in [0.29, 0.717) is 13.0 Å². The maximum absolute atomic E-state index is 12.6. The molecular formula is C16H21N5O2. The standard InChI is InChI=1S/C16H21N5O2/c1-12-17-18-19-21(12)11-9-16(22)20-10-5-7-14(20)13-6-3-4-8-15(13)23-2/h3-4,6,8,14H,5,7,9-11H2,1-2H3/t14-/m1/s1. The minimum Gasteiger partial charge on any atom is -0.496 e. The van der Waals surface area contributed by atoms with E-state index >= 15 is 0 Å². The fourth-order valence-electron chi connectivity index (χ4n) is 3.13. The lowest BCUT2D eigenvalue weighted by atomic mass is 10.0. The highest BCUT2D eigenvalue weighted by atomic mass is 16.5. The van der Waals surface area contributed by atoms with E-state index in [0.717, 1.165) is 36.5 Å². The monoisotopic (exact) mass is 315 g/mol. The van der Waals surface area contributed by atoms with Crippen LogP contribution in [0.3, 0.4) is 0 Å². The van der Waals surface area contributed by atoms with Crippen molar-refractivity contribution in [3.8, 4) is 5.75 Å². The molecule has 1 amide bonds. The van der Waals surface area contributed by atoms with Gasteiger partial charge in [-0.15, -0.1) is 5.10 Å². The molecule has 23 heavy (non-hydrogen) atoms. The first-order valence-electron chi connectivity index (χ1n) is 7.86. The normalized spacial score (nSPS) is 17.5. The van der Waals surface area contributed by atoms with Gasteiger partial charge in [0.1, 0.15) is 11.6 Å². The highest BCUT2D eigenvalue weighted by molar-refractivity contribution is 5.77. The predicted molar refractivity (Wildman–Crippen MR) is 83.9 cm³/mol. The largest absolute Gasteiger partial charge is 0.496 e. The fraction of sp³-hybridized carbons (Fsp3) is 0.500. The van der Waals surface area contributed by atoms with E-state index in [1.165, 1.54) is 0 Å². The number of amides is 1. The van der Waals surface area contributed by atoms with Crippen molar-refractivity contribution in [2.45, 2.75) is 38.8 Å². The number of nitrogens with zero attached hydrogens (tertiary/aromatic N) is 5. The highest BCUT2D eigenvalue weighted by Gasteiger charge is 2.31. The molecule has 3 rings (SSSR count). The third kappa shape index (κ3) is 3.18. The second kappa shape index (κ2) is 6.76. The van der Waals surface area contributed by atoms with Gasteiger partial charge in [-0.3, -0.25) is 4.79 Å². The molecule has 1 aromatic carbocycles.